The second kappa shape index (κ2) is 5.48. The Hall–Kier alpha value is -2.89. The molecule has 1 atom stereocenters. The van der Waals surface area contributed by atoms with Crippen molar-refractivity contribution >= 4 is 11.7 Å². The number of benzene rings is 2. The number of rotatable bonds is 3. The Bertz CT molecular complexity index is 739. The first kappa shape index (κ1) is 14.1. The molecule has 0 aromatic heterocycles. The fraction of sp³-hybridized carbons (Fsp3) is 0.188. The lowest BCUT2D eigenvalue weighted by Crippen LogP contribution is -2.21. The Balaban J connectivity index is 1.90. The van der Waals surface area contributed by atoms with Gasteiger partial charge in [-0.2, -0.15) is 0 Å². The van der Waals surface area contributed by atoms with Crippen LogP contribution in [0, 0.1) is 10.1 Å². The molecule has 0 radical (unpaired) electrons. The number of esters is 1. The lowest BCUT2D eigenvalue weighted by atomic mass is 9.94. The standard InChI is InChI=1S/C16H13NO5/c1-21-13-6-7-14-11(8-13)9-15(22-16(14)18)10-2-4-12(5-3-10)17(19)20/h2-8,15H,9H2,1H3/t15-/m0/s1. The Kier molecular flexibility index (Phi) is 3.50. The molecular formula is C16H13NO5. The van der Waals surface area contributed by atoms with Crippen LogP contribution in [0.15, 0.2) is 42.5 Å². The average Bonchev–Trinajstić information content (AvgIpc) is 2.54. The van der Waals surface area contributed by atoms with E-state index >= 15 is 0 Å². The minimum Gasteiger partial charge on any atom is -0.497 e. The van der Waals surface area contributed by atoms with Crippen LogP contribution in [0.1, 0.15) is 27.6 Å². The van der Waals surface area contributed by atoms with E-state index in [-0.39, 0.29) is 5.69 Å². The number of fused-ring (bicyclic) bond motifs is 1. The van der Waals surface area contributed by atoms with Gasteiger partial charge in [-0.1, -0.05) is 0 Å². The number of non-ortho nitro benzene ring substituents is 1. The molecule has 3 rings (SSSR count). The molecule has 0 aliphatic carbocycles. The summed E-state index contributed by atoms with van der Waals surface area (Å²) in [6.07, 6.45) is 0.0590. The molecule has 6 heteroatoms. The first-order valence-electron chi connectivity index (χ1n) is 6.70. The molecule has 0 fully saturated rings. The van der Waals surface area contributed by atoms with Gasteiger partial charge in [0.1, 0.15) is 11.9 Å². The van der Waals surface area contributed by atoms with Gasteiger partial charge in [0.25, 0.3) is 5.69 Å². The number of nitrogens with zero attached hydrogens (tertiary/aromatic N) is 1. The average molecular weight is 299 g/mol. The Morgan fingerprint density at radius 3 is 2.59 bits per heavy atom. The number of cyclic esters (lactones) is 1. The molecule has 22 heavy (non-hydrogen) atoms. The molecule has 1 aliphatic heterocycles. The molecule has 0 N–H and O–H groups in total. The number of ether oxygens (including phenoxy) is 2. The normalized spacial score (nSPS) is 16.6. The fourth-order valence-electron chi connectivity index (χ4n) is 2.50. The van der Waals surface area contributed by atoms with Crippen LogP contribution in [0.25, 0.3) is 0 Å². The van der Waals surface area contributed by atoms with E-state index < -0.39 is 17.0 Å². The van der Waals surface area contributed by atoms with E-state index in [0.29, 0.717) is 17.7 Å². The summed E-state index contributed by atoms with van der Waals surface area (Å²) < 4.78 is 10.6. The van der Waals surface area contributed by atoms with Gasteiger partial charge in [0.05, 0.1) is 17.6 Å². The number of carbonyl (C=O) groups excluding carboxylic acids is 1. The third-order valence-electron chi connectivity index (χ3n) is 3.66. The number of hydrogen-bond acceptors (Lipinski definition) is 5. The van der Waals surface area contributed by atoms with Crippen molar-refractivity contribution in [3.05, 3.63) is 69.3 Å². The van der Waals surface area contributed by atoms with Crippen molar-refractivity contribution in [2.24, 2.45) is 0 Å². The zero-order valence-corrected chi connectivity index (χ0v) is 11.8. The molecule has 0 saturated heterocycles. The van der Waals surface area contributed by atoms with E-state index in [4.69, 9.17) is 9.47 Å². The molecule has 1 heterocycles. The van der Waals surface area contributed by atoms with Gasteiger partial charge >= 0.3 is 5.97 Å². The van der Waals surface area contributed by atoms with Gasteiger partial charge < -0.3 is 9.47 Å². The second-order valence-corrected chi connectivity index (χ2v) is 4.97. The van der Waals surface area contributed by atoms with Gasteiger partial charge in [0.2, 0.25) is 0 Å². The third-order valence-corrected chi connectivity index (χ3v) is 3.66. The lowest BCUT2D eigenvalue weighted by Gasteiger charge is -2.25. The van der Waals surface area contributed by atoms with Crippen LogP contribution in [-0.2, 0) is 11.2 Å². The molecule has 0 spiro atoms. The highest BCUT2D eigenvalue weighted by atomic mass is 16.6. The van der Waals surface area contributed by atoms with Crippen molar-refractivity contribution in [3.63, 3.8) is 0 Å². The minimum atomic E-state index is -0.461. The topological polar surface area (TPSA) is 78.7 Å². The van der Waals surface area contributed by atoms with Gasteiger partial charge in [0, 0.05) is 18.6 Å². The number of nitro benzene ring substituents is 1. The van der Waals surface area contributed by atoms with E-state index in [0.717, 1.165) is 11.1 Å². The van der Waals surface area contributed by atoms with Crippen molar-refractivity contribution in [2.45, 2.75) is 12.5 Å². The molecule has 6 nitrogen and oxygen atoms in total. The Morgan fingerprint density at radius 1 is 1.23 bits per heavy atom. The molecule has 0 amide bonds. The van der Waals surface area contributed by atoms with Crippen LogP contribution >= 0.6 is 0 Å². The maximum Gasteiger partial charge on any atom is 0.339 e. The van der Waals surface area contributed by atoms with Gasteiger partial charge in [0.15, 0.2) is 0 Å². The van der Waals surface area contributed by atoms with Crippen LogP contribution in [0.3, 0.4) is 0 Å². The lowest BCUT2D eigenvalue weighted by molar-refractivity contribution is -0.384. The van der Waals surface area contributed by atoms with Crippen molar-refractivity contribution in [1.82, 2.24) is 0 Å². The highest BCUT2D eigenvalue weighted by Crippen LogP contribution is 2.33. The first-order valence-corrected chi connectivity index (χ1v) is 6.70. The summed E-state index contributed by atoms with van der Waals surface area (Å²) in [6, 6.07) is 11.3. The quantitative estimate of drug-likeness (QED) is 0.494. The molecule has 0 unspecified atom stereocenters. The van der Waals surface area contributed by atoms with E-state index in [9.17, 15) is 14.9 Å². The van der Waals surface area contributed by atoms with Gasteiger partial charge in [-0.3, -0.25) is 10.1 Å². The van der Waals surface area contributed by atoms with E-state index in [1.165, 1.54) is 12.1 Å². The Morgan fingerprint density at radius 2 is 1.95 bits per heavy atom. The predicted molar refractivity (Wildman–Crippen MR) is 78.0 cm³/mol. The summed E-state index contributed by atoms with van der Waals surface area (Å²) >= 11 is 0. The maximum absolute atomic E-state index is 12.1. The highest BCUT2D eigenvalue weighted by molar-refractivity contribution is 5.92. The summed E-state index contributed by atoms with van der Waals surface area (Å²) in [6.45, 7) is 0. The van der Waals surface area contributed by atoms with Crippen LogP contribution in [0.2, 0.25) is 0 Å². The zero-order valence-electron chi connectivity index (χ0n) is 11.8. The number of hydrogen-bond donors (Lipinski definition) is 0. The summed E-state index contributed by atoms with van der Waals surface area (Å²) in [5.74, 6) is 0.281. The fourth-order valence-corrected chi connectivity index (χ4v) is 2.50. The second-order valence-electron chi connectivity index (χ2n) is 4.97. The number of methoxy groups -OCH3 is 1. The molecule has 2 aromatic carbocycles. The number of carbonyl (C=O) groups is 1. The highest BCUT2D eigenvalue weighted by Gasteiger charge is 2.28. The molecule has 0 bridgehead atoms. The van der Waals surface area contributed by atoms with Crippen molar-refractivity contribution in [1.29, 1.82) is 0 Å². The third kappa shape index (κ3) is 2.50. The van der Waals surface area contributed by atoms with E-state index in [2.05, 4.69) is 0 Å². The number of nitro groups is 1. The van der Waals surface area contributed by atoms with Crippen LogP contribution in [-0.4, -0.2) is 18.0 Å². The summed E-state index contributed by atoms with van der Waals surface area (Å²) in [4.78, 5) is 22.3. The Labute approximate surface area is 126 Å². The van der Waals surface area contributed by atoms with Gasteiger partial charge in [-0.25, -0.2) is 4.79 Å². The van der Waals surface area contributed by atoms with E-state index in [1.807, 2.05) is 6.07 Å². The SMILES string of the molecule is COc1ccc2c(c1)C[C@@H](c1ccc([N+](=O)[O-])cc1)OC2=O. The van der Waals surface area contributed by atoms with Crippen molar-refractivity contribution in [2.75, 3.05) is 7.11 Å². The van der Waals surface area contributed by atoms with Crippen molar-refractivity contribution in [3.8, 4) is 5.75 Å². The predicted octanol–water partition coefficient (Wildman–Crippen LogP) is 3.06. The molecule has 112 valence electrons. The van der Waals surface area contributed by atoms with Crippen molar-refractivity contribution < 1.29 is 19.2 Å². The molecule has 1 aliphatic rings. The molecule has 2 aromatic rings. The van der Waals surface area contributed by atoms with Gasteiger partial charge in [-0.05, 0) is 41.5 Å². The summed E-state index contributed by atoms with van der Waals surface area (Å²) in [7, 11) is 1.57. The monoisotopic (exact) mass is 299 g/mol. The minimum absolute atomic E-state index is 0.00737. The van der Waals surface area contributed by atoms with E-state index in [1.54, 1.807) is 31.4 Å². The first-order chi connectivity index (χ1) is 10.6. The molecular weight excluding hydrogens is 286 g/mol. The van der Waals surface area contributed by atoms with Gasteiger partial charge in [-0.15, -0.1) is 0 Å². The maximum atomic E-state index is 12.1. The summed E-state index contributed by atoms with van der Waals surface area (Å²) in [5, 5.41) is 10.7. The van der Waals surface area contributed by atoms with Crippen LogP contribution < -0.4 is 4.74 Å². The largest absolute Gasteiger partial charge is 0.497 e. The molecule has 0 saturated carbocycles. The van der Waals surface area contributed by atoms with Crippen LogP contribution in [0.5, 0.6) is 5.75 Å². The zero-order chi connectivity index (χ0) is 15.7. The smallest absolute Gasteiger partial charge is 0.339 e. The van der Waals surface area contributed by atoms with Crippen LogP contribution in [0.4, 0.5) is 5.69 Å². The summed E-state index contributed by atoms with van der Waals surface area (Å²) in [5.41, 5.74) is 2.11.